The van der Waals surface area contributed by atoms with E-state index in [0.717, 1.165) is 5.69 Å². The Kier molecular flexibility index (Phi) is 5.16. The molecule has 0 spiro atoms. The van der Waals surface area contributed by atoms with Gasteiger partial charge in [0, 0.05) is 36.0 Å². The normalized spacial score (nSPS) is 21.2. The summed E-state index contributed by atoms with van der Waals surface area (Å²) in [5, 5.41) is 15.4. The van der Waals surface area contributed by atoms with Crippen LogP contribution in [-0.2, 0) is 16.0 Å². The average molecular weight is 448 g/mol. The van der Waals surface area contributed by atoms with Crippen molar-refractivity contribution in [3.05, 3.63) is 59.9 Å². The first-order valence-electron chi connectivity index (χ1n) is 10.6. The number of carbonyl (C=O) groups excluding carboxylic acids is 2. The summed E-state index contributed by atoms with van der Waals surface area (Å²) in [7, 11) is 0. The number of hydrogen-bond acceptors (Lipinski definition) is 5. The van der Waals surface area contributed by atoms with Crippen molar-refractivity contribution in [3.63, 3.8) is 0 Å². The minimum absolute atomic E-state index is 0.0769. The summed E-state index contributed by atoms with van der Waals surface area (Å²) in [6.45, 7) is 0. The summed E-state index contributed by atoms with van der Waals surface area (Å²) in [6, 6.07) is 12.7. The number of aliphatic carboxylic acids is 1. The van der Waals surface area contributed by atoms with Crippen molar-refractivity contribution < 1.29 is 23.9 Å². The van der Waals surface area contributed by atoms with E-state index in [1.165, 1.54) is 6.20 Å². The van der Waals surface area contributed by atoms with Gasteiger partial charge in [-0.05, 0) is 30.7 Å². The first kappa shape index (κ1) is 20.9. The summed E-state index contributed by atoms with van der Waals surface area (Å²) in [6.07, 6.45) is 0.741. The molecule has 5 rings (SSSR count). The van der Waals surface area contributed by atoms with E-state index in [1.807, 2.05) is 30.3 Å². The van der Waals surface area contributed by atoms with Crippen LogP contribution in [0.2, 0.25) is 0 Å². The molecule has 9 heteroatoms. The predicted octanol–water partition coefficient (Wildman–Crippen LogP) is 3.95. The van der Waals surface area contributed by atoms with E-state index in [-0.39, 0.29) is 30.9 Å². The number of hydrogen-bond donors (Lipinski definition) is 4. The van der Waals surface area contributed by atoms with Crippen molar-refractivity contribution in [1.82, 2.24) is 9.97 Å². The molecule has 4 N–H and O–H groups in total. The number of ketones is 1. The molecule has 1 fully saturated rings. The SMILES string of the molecule is O=C1C[C@@H](C(=O)O)Cc2[nH]c(-c3ccnc(NC(=O)[C@H]4C[C@H]4F)c3)c(Nc3ccccc3)c21. The van der Waals surface area contributed by atoms with Crippen LogP contribution >= 0.6 is 0 Å². The molecule has 0 aliphatic heterocycles. The van der Waals surface area contributed by atoms with Gasteiger partial charge in [-0.15, -0.1) is 0 Å². The highest BCUT2D eigenvalue weighted by Crippen LogP contribution is 2.40. The third kappa shape index (κ3) is 4.09. The van der Waals surface area contributed by atoms with Gasteiger partial charge >= 0.3 is 5.97 Å². The zero-order chi connectivity index (χ0) is 23.1. The fraction of sp³-hybridized carbons (Fsp3) is 0.250. The van der Waals surface area contributed by atoms with E-state index in [0.29, 0.717) is 28.2 Å². The standard InChI is InChI=1S/C24H21FN4O4/c25-16-11-15(16)23(31)29-19-10-12(6-7-26-19)21-22(27-14-4-2-1-3-5-14)20-17(28-21)8-13(24(32)33)9-18(20)30/h1-7,10,13,15-16,27-28H,8-9,11H2,(H,32,33)(H,26,29,31)/t13-,15-,16+/m0/s1. The molecular weight excluding hydrogens is 427 g/mol. The van der Waals surface area contributed by atoms with Gasteiger partial charge in [-0.2, -0.15) is 0 Å². The maximum absolute atomic E-state index is 13.2. The minimum atomic E-state index is -1.11. The number of alkyl halides is 1. The molecule has 0 radical (unpaired) electrons. The third-order valence-electron chi connectivity index (χ3n) is 5.98. The molecule has 2 aliphatic carbocycles. The van der Waals surface area contributed by atoms with Gasteiger partial charge in [0.25, 0.3) is 0 Å². The van der Waals surface area contributed by atoms with Gasteiger partial charge < -0.3 is 20.7 Å². The van der Waals surface area contributed by atoms with Crippen molar-refractivity contribution >= 4 is 34.9 Å². The van der Waals surface area contributed by atoms with Crippen molar-refractivity contribution in [1.29, 1.82) is 0 Å². The Morgan fingerprint density at radius 3 is 2.61 bits per heavy atom. The zero-order valence-corrected chi connectivity index (χ0v) is 17.5. The number of carboxylic acid groups (broad SMARTS) is 1. The molecule has 2 heterocycles. The fourth-order valence-corrected chi connectivity index (χ4v) is 4.15. The number of rotatable bonds is 6. The Morgan fingerprint density at radius 2 is 1.91 bits per heavy atom. The number of nitrogens with one attached hydrogen (secondary N) is 3. The molecule has 2 aromatic heterocycles. The van der Waals surface area contributed by atoms with E-state index in [4.69, 9.17) is 0 Å². The second-order valence-corrected chi connectivity index (χ2v) is 8.36. The molecule has 1 aromatic carbocycles. The van der Waals surface area contributed by atoms with Crippen molar-refractivity contribution in [3.8, 4) is 11.3 Å². The lowest BCUT2D eigenvalue weighted by molar-refractivity contribution is -0.141. The number of para-hydroxylation sites is 1. The number of aromatic nitrogens is 2. The van der Waals surface area contributed by atoms with Gasteiger partial charge in [-0.3, -0.25) is 14.4 Å². The molecule has 3 aromatic rings. The van der Waals surface area contributed by atoms with Gasteiger partial charge in [-0.25, -0.2) is 9.37 Å². The Morgan fingerprint density at radius 1 is 1.15 bits per heavy atom. The first-order chi connectivity index (χ1) is 15.9. The maximum Gasteiger partial charge on any atom is 0.307 e. The minimum Gasteiger partial charge on any atom is -0.481 e. The number of H-pyrrole nitrogens is 1. The Labute approximate surface area is 188 Å². The summed E-state index contributed by atoms with van der Waals surface area (Å²) in [4.78, 5) is 44.0. The monoisotopic (exact) mass is 448 g/mol. The van der Waals surface area contributed by atoms with Crippen molar-refractivity contribution in [2.45, 2.75) is 25.4 Å². The number of aromatic amines is 1. The van der Waals surface area contributed by atoms with Gasteiger partial charge in [0.15, 0.2) is 5.78 Å². The number of benzene rings is 1. The number of carboxylic acids is 1. The zero-order valence-electron chi connectivity index (χ0n) is 17.5. The van der Waals surface area contributed by atoms with E-state index < -0.39 is 29.9 Å². The van der Waals surface area contributed by atoms with Gasteiger partial charge in [0.05, 0.1) is 28.8 Å². The number of nitrogens with zero attached hydrogens (tertiary/aromatic N) is 1. The van der Waals surface area contributed by atoms with Gasteiger partial charge in [0.1, 0.15) is 12.0 Å². The average Bonchev–Trinajstić information content (AvgIpc) is 3.42. The number of fused-ring (bicyclic) bond motifs is 1. The Balaban J connectivity index is 1.55. The van der Waals surface area contributed by atoms with Gasteiger partial charge in [0.2, 0.25) is 5.91 Å². The molecule has 0 bridgehead atoms. The van der Waals surface area contributed by atoms with Crippen LogP contribution in [0.4, 0.5) is 21.6 Å². The maximum atomic E-state index is 13.2. The number of Topliss-reactive ketones (excluding diaryl/α,β-unsaturated/α-hetero) is 1. The molecule has 1 amide bonds. The van der Waals surface area contributed by atoms with Crippen molar-refractivity contribution in [2.24, 2.45) is 11.8 Å². The molecular formula is C24H21FN4O4. The van der Waals surface area contributed by atoms with Crippen LogP contribution in [0.15, 0.2) is 48.7 Å². The summed E-state index contributed by atoms with van der Waals surface area (Å²) in [5.41, 5.74) is 3.51. The van der Waals surface area contributed by atoms with Gasteiger partial charge in [-0.1, -0.05) is 18.2 Å². The fourth-order valence-electron chi connectivity index (χ4n) is 4.15. The smallest absolute Gasteiger partial charge is 0.307 e. The van der Waals surface area contributed by atoms with Crippen LogP contribution in [0.5, 0.6) is 0 Å². The largest absolute Gasteiger partial charge is 0.481 e. The molecule has 168 valence electrons. The van der Waals surface area contributed by atoms with E-state index >= 15 is 0 Å². The van der Waals surface area contributed by atoms with Crippen LogP contribution in [0, 0.1) is 11.8 Å². The molecule has 2 aliphatic rings. The lowest BCUT2D eigenvalue weighted by Gasteiger charge is -2.18. The number of halogens is 1. The molecule has 0 saturated heterocycles. The predicted molar refractivity (Wildman–Crippen MR) is 119 cm³/mol. The number of anilines is 3. The molecule has 8 nitrogen and oxygen atoms in total. The van der Waals surface area contributed by atoms with E-state index in [1.54, 1.807) is 12.1 Å². The molecule has 1 saturated carbocycles. The molecule has 0 unspecified atom stereocenters. The Hall–Kier alpha value is -4.01. The second kappa shape index (κ2) is 8.16. The van der Waals surface area contributed by atoms with Crippen LogP contribution in [0.25, 0.3) is 11.3 Å². The van der Waals surface area contributed by atoms with E-state index in [2.05, 4.69) is 20.6 Å². The first-order valence-corrected chi connectivity index (χ1v) is 10.6. The highest BCUT2D eigenvalue weighted by molar-refractivity contribution is 6.09. The molecule has 3 atom stereocenters. The van der Waals surface area contributed by atoms with Crippen LogP contribution in [0.3, 0.4) is 0 Å². The Bertz CT molecular complexity index is 1260. The van der Waals surface area contributed by atoms with Crippen LogP contribution in [0.1, 0.15) is 28.9 Å². The summed E-state index contributed by atoms with van der Waals surface area (Å²) < 4.78 is 13.2. The van der Waals surface area contributed by atoms with Crippen LogP contribution < -0.4 is 10.6 Å². The molecule has 33 heavy (non-hydrogen) atoms. The summed E-state index contributed by atoms with van der Waals surface area (Å²) >= 11 is 0. The number of pyridine rings is 1. The van der Waals surface area contributed by atoms with E-state index in [9.17, 15) is 23.9 Å². The topological polar surface area (TPSA) is 124 Å². The summed E-state index contributed by atoms with van der Waals surface area (Å²) in [5.74, 6) is -2.85. The number of carbonyl (C=O) groups is 3. The lowest BCUT2D eigenvalue weighted by atomic mass is 9.86. The lowest BCUT2D eigenvalue weighted by Crippen LogP contribution is -2.26. The highest BCUT2D eigenvalue weighted by Gasteiger charge is 2.43. The third-order valence-corrected chi connectivity index (χ3v) is 5.98. The number of amides is 1. The quantitative estimate of drug-likeness (QED) is 0.453. The second-order valence-electron chi connectivity index (χ2n) is 8.36. The van der Waals surface area contributed by atoms with Crippen molar-refractivity contribution in [2.75, 3.05) is 10.6 Å². The van der Waals surface area contributed by atoms with Crippen LogP contribution in [-0.4, -0.2) is 38.9 Å². The highest BCUT2D eigenvalue weighted by atomic mass is 19.1.